The van der Waals surface area contributed by atoms with Gasteiger partial charge in [-0.1, -0.05) is 18.2 Å². The highest BCUT2D eigenvalue weighted by Crippen LogP contribution is 2.44. The summed E-state index contributed by atoms with van der Waals surface area (Å²) in [7, 11) is -3.65. The van der Waals surface area contributed by atoms with Gasteiger partial charge in [-0.15, -0.1) is 0 Å². The van der Waals surface area contributed by atoms with Crippen LogP contribution in [-0.4, -0.2) is 60.2 Å². The van der Waals surface area contributed by atoms with Crippen LogP contribution in [0.2, 0.25) is 0 Å². The zero-order chi connectivity index (χ0) is 23.5. The number of carbonyl (C=O) groups is 1. The summed E-state index contributed by atoms with van der Waals surface area (Å²) in [4.78, 5) is 19.5. The monoisotopic (exact) mass is 482 g/mol. The van der Waals surface area contributed by atoms with Crippen LogP contribution in [0.4, 0.5) is 5.69 Å². The predicted octanol–water partition coefficient (Wildman–Crippen LogP) is 3.75. The zero-order valence-electron chi connectivity index (χ0n) is 19.6. The molecular formula is C26H34N4O3S. The van der Waals surface area contributed by atoms with Gasteiger partial charge in [-0.3, -0.25) is 14.7 Å². The molecule has 0 saturated carbocycles. The Labute approximate surface area is 202 Å². The lowest BCUT2D eigenvalue weighted by molar-refractivity contribution is -0.116. The van der Waals surface area contributed by atoms with E-state index in [1.54, 1.807) is 22.6 Å². The number of rotatable bonds is 7. The second-order valence-electron chi connectivity index (χ2n) is 9.87. The summed E-state index contributed by atoms with van der Waals surface area (Å²) in [5.74, 6) is 0.670. The van der Waals surface area contributed by atoms with Crippen LogP contribution in [0.3, 0.4) is 0 Å². The van der Waals surface area contributed by atoms with E-state index in [0.717, 1.165) is 44.5 Å². The molecule has 0 aliphatic carbocycles. The van der Waals surface area contributed by atoms with Gasteiger partial charge in [-0.2, -0.15) is 4.31 Å². The fraction of sp³-hybridized carbons (Fsp3) is 0.538. The van der Waals surface area contributed by atoms with E-state index in [2.05, 4.69) is 15.2 Å². The summed E-state index contributed by atoms with van der Waals surface area (Å²) in [6.07, 6.45) is 9.20. The Morgan fingerprint density at radius 3 is 2.62 bits per heavy atom. The number of nitrogens with zero attached hydrogens (tertiary/aromatic N) is 3. The molecule has 34 heavy (non-hydrogen) atoms. The van der Waals surface area contributed by atoms with Gasteiger partial charge < -0.3 is 5.32 Å². The molecule has 7 nitrogen and oxygen atoms in total. The molecule has 0 unspecified atom stereocenters. The molecular weight excluding hydrogens is 448 g/mol. The van der Waals surface area contributed by atoms with E-state index in [-0.39, 0.29) is 16.8 Å². The molecule has 4 atom stereocenters. The number of carbonyl (C=O) groups excluding carboxylic acids is 1. The smallest absolute Gasteiger partial charge is 0.244 e. The van der Waals surface area contributed by atoms with Crippen LogP contribution in [0.5, 0.6) is 0 Å². The highest BCUT2D eigenvalue weighted by molar-refractivity contribution is 7.89. The fourth-order valence-electron chi connectivity index (χ4n) is 6.44. The van der Waals surface area contributed by atoms with Gasteiger partial charge in [-0.05, 0) is 87.7 Å². The summed E-state index contributed by atoms with van der Waals surface area (Å²) in [6, 6.07) is 13.2. The maximum atomic E-state index is 13.8. The van der Waals surface area contributed by atoms with E-state index in [1.165, 1.54) is 6.20 Å². The molecule has 1 aromatic carbocycles. The van der Waals surface area contributed by atoms with Crippen molar-refractivity contribution in [2.24, 2.45) is 11.8 Å². The molecule has 5 rings (SSSR count). The highest BCUT2D eigenvalue weighted by atomic mass is 32.2. The molecule has 1 aromatic heterocycles. The van der Waals surface area contributed by atoms with Crippen LogP contribution in [0.25, 0.3) is 0 Å². The molecule has 2 aromatic rings. The van der Waals surface area contributed by atoms with Crippen LogP contribution < -0.4 is 5.32 Å². The van der Waals surface area contributed by atoms with E-state index >= 15 is 0 Å². The van der Waals surface area contributed by atoms with Gasteiger partial charge >= 0.3 is 0 Å². The van der Waals surface area contributed by atoms with E-state index in [4.69, 9.17) is 0 Å². The van der Waals surface area contributed by atoms with Gasteiger partial charge in [0.1, 0.15) is 4.90 Å². The van der Waals surface area contributed by atoms with Gasteiger partial charge in [0.25, 0.3) is 0 Å². The van der Waals surface area contributed by atoms with Crippen LogP contribution in [0.15, 0.2) is 59.8 Å². The number of para-hydroxylation sites is 1. The summed E-state index contributed by atoms with van der Waals surface area (Å²) in [6.45, 7) is 2.81. The number of benzene rings is 1. The molecule has 0 radical (unpaired) electrons. The van der Waals surface area contributed by atoms with Crippen molar-refractivity contribution in [2.45, 2.75) is 61.9 Å². The van der Waals surface area contributed by atoms with Crippen molar-refractivity contribution in [3.8, 4) is 0 Å². The Morgan fingerprint density at radius 1 is 1.06 bits per heavy atom. The van der Waals surface area contributed by atoms with Crippen molar-refractivity contribution >= 4 is 21.6 Å². The van der Waals surface area contributed by atoms with Crippen molar-refractivity contribution in [1.82, 2.24) is 14.2 Å². The third-order valence-corrected chi connectivity index (χ3v) is 9.70. The minimum Gasteiger partial charge on any atom is -0.326 e. The van der Waals surface area contributed by atoms with Crippen molar-refractivity contribution in [3.05, 3.63) is 54.9 Å². The lowest BCUT2D eigenvalue weighted by Crippen LogP contribution is -2.65. The number of aromatic nitrogens is 1. The average molecular weight is 483 g/mol. The van der Waals surface area contributed by atoms with Crippen molar-refractivity contribution < 1.29 is 13.2 Å². The first kappa shape index (κ1) is 23.5. The standard InChI is InChI=1S/C26H34N4O3S/c31-25(28-21-9-2-1-3-10-21)14-4-13-24-23-12-7-17-29-16-6-8-20(26(23)29)19-30(24)34(32,33)22-11-5-15-27-18-22/h1-3,5,9-11,15,18,20,23-24,26H,4,6-8,12-14,16-17,19H2,(H,28,31)/t20-,23+,24+,26-/m0/s1. The molecule has 8 heteroatoms. The van der Waals surface area contributed by atoms with Crippen LogP contribution in [-0.2, 0) is 14.8 Å². The molecule has 1 amide bonds. The van der Waals surface area contributed by atoms with Crippen molar-refractivity contribution in [1.29, 1.82) is 0 Å². The first-order chi connectivity index (χ1) is 16.5. The Balaban J connectivity index is 1.35. The number of hydrogen-bond donors (Lipinski definition) is 1. The minimum absolute atomic E-state index is 0.0236. The third-order valence-electron chi connectivity index (χ3n) is 7.83. The Kier molecular flexibility index (Phi) is 6.99. The maximum absolute atomic E-state index is 13.8. The number of sulfonamides is 1. The maximum Gasteiger partial charge on any atom is 0.244 e. The normalized spacial score (nSPS) is 27.6. The van der Waals surface area contributed by atoms with E-state index < -0.39 is 10.0 Å². The zero-order valence-corrected chi connectivity index (χ0v) is 20.4. The van der Waals surface area contributed by atoms with Crippen LogP contribution in [0, 0.1) is 11.8 Å². The average Bonchev–Trinajstić information content (AvgIpc) is 2.86. The Hall–Kier alpha value is -2.29. The summed E-state index contributed by atoms with van der Waals surface area (Å²) >= 11 is 0. The molecule has 1 N–H and O–H groups in total. The molecule has 3 saturated heterocycles. The minimum atomic E-state index is -3.65. The summed E-state index contributed by atoms with van der Waals surface area (Å²) < 4.78 is 29.3. The van der Waals surface area contributed by atoms with Gasteiger partial charge in [0, 0.05) is 43.1 Å². The third kappa shape index (κ3) is 4.76. The number of anilines is 1. The molecule has 3 aliphatic rings. The first-order valence-corrected chi connectivity index (χ1v) is 14.0. The number of amides is 1. The lowest BCUT2D eigenvalue weighted by Gasteiger charge is -2.57. The number of pyridine rings is 1. The Bertz CT molecular complexity index is 1080. The predicted molar refractivity (Wildman–Crippen MR) is 132 cm³/mol. The van der Waals surface area contributed by atoms with Gasteiger partial charge in [0.15, 0.2) is 0 Å². The summed E-state index contributed by atoms with van der Waals surface area (Å²) in [5, 5.41) is 2.95. The fourth-order valence-corrected chi connectivity index (χ4v) is 8.16. The van der Waals surface area contributed by atoms with Gasteiger partial charge in [0.2, 0.25) is 15.9 Å². The topological polar surface area (TPSA) is 82.6 Å². The molecule has 3 aliphatic heterocycles. The van der Waals surface area contributed by atoms with Crippen molar-refractivity contribution in [2.75, 3.05) is 25.0 Å². The molecule has 3 fully saturated rings. The van der Waals surface area contributed by atoms with Crippen molar-refractivity contribution in [3.63, 3.8) is 0 Å². The molecule has 0 spiro atoms. The SMILES string of the molecule is O=C(CCC[C@@H]1[C@H]2CCCN3CCC[C@@H](CN1S(=O)(=O)c1cccnc1)[C@@H]23)Nc1ccccc1. The number of nitrogens with one attached hydrogen (secondary N) is 1. The van der Waals surface area contributed by atoms with Gasteiger partial charge in [0.05, 0.1) is 0 Å². The van der Waals surface area contributed by atoms with Crippen LogP contribution in [0.1, 0.15) is 44.9 Å². The van der Waals surface area contributed by atoms with E-state index in [1.807, 2.05) is 30.3 Å². The van der Waals surface area contributed by atoms with Gasteiger partial charge in [-0.25, -0.2) is 8.42 Å². The lowest BCUT2D eigenvalue weighted by atomic mass is 9.70. The number of hydrogen-bond acceptors (Lipinski definition) is 5. The molecule has 4 heterocycles. The Morgan fingerprint density at radius 2 is 1.85 bits per heavy atom. The number of piperidine rings is 3. The highest BCUT2D eigenvalue weighted by Gasteiger charge is 2.51. The largest absolute Gasteiger partial charge is 0.326 e. The quantitative estimate of drug-likeness (QED) is 0.650. The second kappa shape index (κ2) is 10.1. The first-order valence-electron chi connectivity index (χ1n) is 12.5. The molecule has 182 valence electrons. The summed E-state index contributed by atoms with van der Waals surface area (Å²) in [5.41, 5.74) is 0.791. The van der Waals surface area contributed by atoms with Crippen LogP contribution >= 0.6 is 0 Å². The molecule has 0 bridgehead atoms. The second-order valence-corrected chi connectivity index (χ2v) is 11.8. The van der Waals surface area contributed by atoms with E-state index in [0.29, 0.717) is 43.7 Å². The van der Waals surface area contributed by atoms with E-state index in [9.17, 15) is 13.2 Å².